The molecular weight excluding hydrogens is 406 g/mol. The monoisotopic (exact) mass is 427 g/mol. The quantitative estimate of drug-likeness (QED) is 0.578. The number of pyridine rings is 1. The predicted molar refractivity (Wildman–Crippen MR) is 113 cm³/mol. The predicted octanol–water partition coefficient (Wildman–Crippen LogP) is 4.35. The first-order valence-electron chi connectivity index (χ1n) is 8.98. The second-order valence-corrected chi connectivity index (χ2v) is 7.49. The van der Waals surface area contributed by atoms with E-state index in [4.69, 9.17) is 14.5 Å². The van der Waals surface area contributed by atoms with E-state index in [0.717, 1.165) is 65.5 Å². The van der Waals surface area contributed by atoms with E-state index in [0.29, 0.717) is 0 Å². The number of aromatic nitrogens is 1. The Hall–Kier alpha value is -2.31. The van der Waals surface area contributed by atoms with Crippen molar-refractivity contribution < 1.29 is 9.47 Å². The third-order valence-corrected chi connectivity index (χ3v) is 5.65. The lowest BCUT2D eigenvalue weighted by Gasteiger charge is -2.33. The van der Waals surface area contributed by atoms with Gasteiger partial charge in [-0.05, 0) is 24.3 Å². The number of nitrogens with zero attached hydrogens (tertiary/aromatic N) is 3. The molecule has 1 aliphatic heterocycles. The van der Waals surface area contributed by atoms with E-state index >= 15 is 0 Å². The second-order valence-electron chi connectivity index (χ2n) is 6.49. The first-order valence-corrected chi connectivity index (χ1v) is 9.69. The Morgan fingerprint density at radius 3 is 2.15 bits per heavy atom. The molecular formula is C21H22BrN3O2. The summed E-state index contributed by atoms with van der Waals surface area (Å²) in [4.78, 5) is 7.43. The molecule has 6 heteroatoms. The van der Waals surface area contributed by atoms with Crippen LogP contribution < -0.4 is 14.4 Å². The van der Waals surface area contributed by atoms with Crippen LogP contribution in [0.4, 0.5) is 5.82 Å². The van der Waals surface area contributed by atoms with Crippen LogP contribution in [0.15, 0.2) is 48.5 Å². The maximum Gasteiger partial charge on any atom is 0.153 e. The van der Waals surface area contributed by atoms with Crippen molar-refractivity contribution in [1.29, 1.82) is 0 Å². The summed E-state index contributed by atoms with van der Waals surface area (Å²) >= 11 is 3.58. The fourth-order valence-electron chi connectivity index (χ4n) is 3.51. The summed E-state index contributed by atoms with van der Waals surface area (Å²) in [6.45, 7) is 3.77. The van der Waals surface area contributed by atoms with Crippen LogP contribution in [0.25, 0.3) is 22.0 Å². The minimum Gasteiger partial charge on any atom is -0.497 e. The number of hydrogen-bond donors (Lipinski definition) is 0. The van der Waals surface area contributed by atoms with Crippen molar-refractivity contribution in [1.82, 2.24) is 8.91 Å². The van der Waals surface area contributed by atoms with Gasteiger partial charge in [0.15, 0.2) is 5.75 Å². The number of anilines is 1. The van der Waals surface area contributed by atoms with Crippen molar-refractivity contribution in [2.45, 2.75) is 0 Å². The molecule has 0 saturated carbocycles. The second kappa shape index (κ2) is 7.74. The highest BCUT2D eigenvalue weighted by molar-refractivity contribution is 9.07. The van der Waals surface area contributed by atoms with Gasteiger partial charge in [-0.2, -0.15) is 0 Å². The Kier molecular flexibility index (Phi) is 5.18. The molecule has 0 spiro atoms. The van der Waals surface area contributed by atoms with E-state index in [2.05, 4.69) is 43.2 Å². The van der Waals surface area contributed by atoms with E-state index in [-0.39, 0.29) is 0 Å². The average molecular weight is 428 g/mol. The molecule has 0 radical (unpaired) electrons. The van der Waals surface area contributed by atoms with Crippen LogP contribution >= 0.6 is 16.1 Å². The van der Waals surface area contributed by atoms with E-state index < -0.39 is 0 Å². The van der Waals surface area contributed by atoms with Crippen molar-refractivity contribution in [3.63, 3.8) is 0 Å². The average Bonchev–Trinajstić information content (AvgIpc) is 2.73. The van der Waals surface area contributed by atoms with Crippen molar-refractivity contribution in [3.05, 3.63) is 48.5 Å². The van der Waals surface area contributed by atoms with Crippen LogP contribution in [-0.4, -0.2) is 49.3 Å². The largest absolute Gasteiger partial charge is 0.497 e. The van der Waals surface area contributed by atoms with Gasteiger partial charge in [0.2, 0.25) is 0 Å². The maximum atomic E-state index is 5.80. The molecule has 5 nitrogen and oxygen atoms in total. The molecule has 1 saturated heterocycles. The van der Waals surface area contributed by atoms with Crippen LogP contribution in [0.5, 0.6) is 11.5 Å². The zero-order valence-corrected chi connectivity index (χ0v) is 17.1. The third-order valence-electron chi connectivity index (χ3n) is 4.94. The molecule has 27 heavy (non-hydrogen) atoms. The third kappa shape index (κ3) is 3.47. The zero-order valence-electron chi connectivity index (χ0n) is 15.5. The van der Waals surface area contributed by atoms with Crippen molar-refractivity contribution >= 4 is 32.7 Å². The lowest BCUT2D eigenvalue weighted by molar-refractivity contribution is 0.414. The summed E-state index contributed by atoms with van der Waals surface area (Å²) in [5, 5.41) is 2.20. The number of rotatable bonds is 4. The normalized spacial score (nSPS) is 15.1. The zero-order chi connectivity index (χ0) is 18.8. The van der Waals surface area contributed by atoms with Gasteiger partial charge in [-0.1, -0.05) is 24.3 Å². The fourth-order valence-corrected chi connectivity index (χ4v) is 3.82. The number of benzene rings is 2. The number of halogens is 1. The summed E-state index contributed by atoms with van der Waals surface area (Å²) in [6.07, 6.45) is 0. The van der Waals surface area contributed by atoms with Crippen molar-refractivity contribution in [2.75, 3.05) is 45.3 Å². The number of ether oxygens (including phenoxy) is 2. The molecule has 3 aromatic rings. The van der Waals surface area contributed by atoms with E-state index in [1.54, 1.807) is 14.2 Å². The highest BCUT2D eigenvalue weighted by Gasteiger charge is 2.22. The van der Waals surface area contributed by atoms with Crippen LogP contribution in [0.1, 0.15) is 0 Å². The Bertz CT molecular complexity index is 938. The highest BCUT2D eigenvalue weighted by atomic mass is 79.9. The maximum absolute atomic E-state index is 5.80. The van der Waals surface area contributed by atoms with Gasteiger partial charge in [0.05, 0.1) is 14.2 Å². The Morgan fingerprint density at radius 2 is 1.52 bits per heavy atom. The molecule has 0 N–H and O–H groups in total. The van der Waals surface area contributed by atoms with Crippen LogP contribution in [-0.2, 0) is 0 Å². The van der Waals surface area contributed by atoms with Crippen molar-refractivity contribution in [3.8, 4) is 22.8 Å². The Balaban J connectivity index is 1.89. The summed E-state index contributed by atoms with van der Waals surface area (Å²) in [6, 6.07) is 16.3. The standard InChI is InChI=1S/C21H22BrN3O2/c1-26-16-9-7-15(8-10-16)19-20(27-2)17-5-3-4-6-18(17)21(23-19)24-11-13-25(22)14-12-24/h3-10H,11-14H2,1-2H3. The Labute approximate surface area is 167 Å². The summed E-state index contributed by atoms with van der Waals surface area (Å²) in [5.74, 6) is 2.64. The highest BCUT2D eigenvalue weighted by Crippen LogP contribution is 2.40. The number of piperazine rings is 1. The van der Waals surface area contributed by atoms with Gasteiger partial charge in [-0.25, -0.2) is 8.91 Å². The van der Waals surface area contributed by atoms with Gasteiger partial charge in [0.25, 0.3) is 0 Å². The molecule has 0 aliphatic carbocycles. The summed E-state index contributed by atoms with van der Waals surface area (Å²) in [5.41, 5.74) is 1.87. The van der Waals surface area contributed by atoms with E-state index in [1.165, 1.54) is 0 Å². The molecule has 2 heterocycles. The molecule has 0 unspecified atom stereocenters. The number of methoxy groups -OCH3 is 2. The van der Waals surface area contributed by atoms with Crippen LogP contribution in [0.3, 0.4) is 0 Å². The molecule has 0 atom stereocenters. The molecule has 1 aromatic heterocycles. The lowest BCUT2D eigenvalue weighted by atomic mass is 10.0. The van der Waals surface area contributed by atoms with Crippen molar-refractivity contribution in [2.24, 2.45) is 0 Å². The minimum atomic E-state index is 0.804. The summed E-state index contributed by atoms with van der Waals surface area (Å²) < 4.78 is 13.3. The lowest BCUT2D eigenvalue weighted by Crippen LogP contribution is -2.42. The summed E-state index contributed by atoms with van der Waals surface area (Å²) in [7, 11) is 3.38. The molecule has 4 rings (SSSR count). The molecule has 0 bridgehead atoms. The van der Waals surface area contributed by atoms with Gasteiger partial charge < -0.3 is 14.4 Å². The molecule has 1 aliphatic rings. The molecule has 1 fully saturated rings. The fraction of sp³-hybridized carbons (Fsp3) is 0.286. The molecule has 0 amide bonds. The van der Waals surface area contributed by atoms with Gasteiger partial charge in [0.1, 0.15) is 17.3 Å². The number of hydrogen-bond acceptors (Lipinski definition) is 5. The smallest absolute Gasteiger partial charge is 0.153 e. The van der Waals surface area contributed by atoms with Crippen LogP contribution in [0.2, 0.25) is 0 Å². The topological polar surface area (TPSA) is 37.8 Å². The van der Waals surface area contributed by atoms with Gasteiger partial charge >= 0.3 is 0 Å². The van der Waals surface area contributed by atoms with Gasteiger partial charge in [-0.15, -0.1) is 0 Å². The Morgan fingerprint density at radius 1 is 0.852 bits per heavy atom. The van der Waals surface area contributed by atoms with Gasteiger partial charge in [0, 0.05) is 58.7 Å². The minimum absolute atomic E-state index is 0.804. The SMILES string of the molecule is COc1ccc(-c2nc(N3CCN(Br)CC3)c3ccccc3c2OC)cc1. The molecule has 2 aromatic carbocycles. The van der Waals surface area contributed by atoms with Crippen LogP contribution in [0, 0.1) is 0 Å². The first kappa shape index (κ1) is 18.1. The van der Waals surface area contributed by atoms with E-state index in [1.807, 2.05) is 30.3 Å². The van der Waals surface area contributed by atoms with E-state index in [9.17, 15) is 0 Å². The number of fused-ring (bicyclic) bond motifs is 1. The molecule has 140 valence electrons. The first-order chi connectivity index (χ1) is 13.2. The van der Waals surface area contributed by atoms with Gasteiger partial charge in [-0.3, -0.25) is 0 Å².